The summed E-state index contributed by atoms with van der Waals surface area (Å²) in [6.07, 6.45) is 0. The molecule has 0 bridgehead atoms. The molecule has 2 aromatic rings. The van der Waals surface area contributed by atoms with Crippen molar-refractivity contribution in [3.63, 3.8) is 0 Å². The molecule has 0 fully saturated rings. The van der Waals surface area contributed by atoms with E-state index in [1.807, 2.05) is 37.4 Å². The Morgan fingerprint density at radius 3 is 2.45 bits per heavy atom. The van der Waals surface area contributed by atoms with Gasteiger partial charge in [-0.3, -0.25) is 0 Å². The van der Waals surface area contributed by atoms with E-state index in [9.17, 15) is 0 Å². The van der Waals surface area contributed by atoms with Crippen LogP contribution in [-0.2, 0) is 0 Å². The van der Waals surface area contributed by atoms with Crippen LogP contribution in [0.3, 0.4) is 0 Å². The molecule has 0 amide bonds. The summed E-state index contributed by atoms with van der Waals surface area (Å²) in [5.41, 5.74) is 2.00. The first-order valence-electron chi connectivity index (χ1n) is 6.02. The minimum Gasteiger partial charge on any atom is -0.497 e. The second kappa shape index (κ2) is 6.81. The van der Waals surface area contributed by atoms with Gasteiger partial charge in [-0.05, 0) is 48.5 Å². The van der Waals surface area contributed by atoms with Gasteiger partial charge in [-0.1, -0.05) is 45.2 Å². The normalized spacial score (nSPS) is 12.2. The van der Waals surface area contributed by atoms with Crippen LogP contribution in [0.25, 0.3) is 0 Å². The zero-order valence-electron chi connectivity index (χ0n) is 11.1. The molecular weight excluding hydrogens is 361 g/mol. The Bertz CT molecular complexity index is 619. The third-order valence-electron chi connectivity index (χ3n) is 3.08. The van der Waals surface area contributed by atoms with Crippen molar-refractivity contribution in [1.29, 1.82) is 0 Å². The van der Waals surface area contributed by atoms with E-state index in [4.69, 9.17) is 27.9 Å². The SMILES string of the molecule is CNC(c1ccc(OC)cc1Cl)c1cc(Cl)ccc1Br. The number of rotatable bonds is 4. The van der Waals surface area contributed by atoms with E-state index in [1.54, 1.807) is 13.2 Å². The van der Waals surface area contributed by atoms with E-state index in [1.165, 1.54) is 0 Å². The van der Waals surface area contributed by atoms with Gasteiger partial charge in [0, 0.05) is 14.5 Å². The number of nitrogens with one attached hydrogen (secondary N) is 1. The highest BCUT2D eigenvalue weighted by Crippen LogP contribution is 2.35. The first kappa shape index (κ1) is 15.6. The lowest BCUT2D eigenvalue weighted by atomic mass is 9.98. The van der Waals surface area contributed by atoms with Crippen molar-refractivity contribution < 1.29 is 4.74 Å². The largest absolute Gasteiger partial charge is 0.497 e. The van der Waals surface area contributed by atoms with Crippen LogP contribution in [0.4, 0.5) is 0 Å². The van der Waals surface area contributed by atoms with E-state index in [2.05, 4.69) is 21.2 Å². The Kier molecular flexibility index (Phi) is 5.33. The van der Waals surface area contributed by atoms with Crippen LogP contribution < -0.4 is 10.1 Å². The summed E-state index contributed by atoms with van der Waals surface area (Å²) in [5.74, 6) is 0.735. The van der Waals surface area contributed by atoms with Crippen LogP contribution in [0.2, 0.25) is 10.0 Å². The van der Waals surface area contributed by atoms with Crippen LogP contribution in [0.1, 0.15) is 17.2 Å². The zero-order chi connectivity index (χ0) is 14.7. The van der Waals surface area contributed by atoms with E-state index < -0.39 is 0 Å². The monoisotopic (exact) mass is 373 g/mol. The van der Waals surface area contributed by atoms with Gasteiger partial charge in [-0.25, -0.2) is 0 Å². The molecule has 0 aliphatic rings. The van der Waals surface area contributed by atoms with Crippen molar-refractivity contribution in [2.45, 2.75) is 6.04 Å². The number of hydrogen-bond donors (Lipinski definition) is 1. The smallest absolute Gasteiger partial charge is 0.120 e. The molecule has 0 saturated carbocycles. The fourth-order valence-electron chi connectivity index (χ4n) is 2.08. The maximum atomic E-state index is 6.36. The van der Waals surface area contributed by atoms with Gasteiger partial charge in [-0.15, -0.1) is 0 Å². The fraction of sp³-hybridized carbons (Fsp3) is 0.200. The van der Waals surface area contributed by atoms with Gasteiger partial charge >= 0.3 is 0 Å². The Morgan fingerprint density at radius 2 is 1.85 bits per heavy atom. The average Bonchev–Trinajstić information content (AvgIpc) is 2.44. The molecule has 20 heavy (non-hydrogen) atoms. The van der Waals surface area contributed by atoms with Gasteiger partial charge in [-0.2, -0.15) is 0 Å². The Hall–Kier alpha value is -0.740. The maximum Gasteiger partial charge on any atom is 0.120 e. The molecule has 0 radical (unpaired) electrons. The molecule has 2 nitrogen and oxygen atoms in total. The van der Waals surface area contributed by atoms with Gasteiger partial charge < -0.3 is 10.1 Å². The van der Waals surface area contributed by atoms with Gasteiger partial charge in [0.15, 0.2) is 0 Å². The summed E-state index contributed by atoms with van der Waals surface area (Å²) in [6, 6.07) is 11.3. The lowest BCUT2D eigenvalue weighted by Crippen LogP contribution is -2.18. The molecule has 1 atom stereocenters. The molecule has 0 aliphatic heterocycles. The van der Waals surface area contributed by atoms with Gasteiger partial charge in [0.1, 0.15) is 5.75 Å². The predicted octanol–water partition coefficient (Wildman–Crippen LogP) is 5.07. The van der Waals surface area contributed by atoms with E-state index in [-0.39, 0.29) is 6.04 Å². The summed E-state index contributed by atoms with van der Waals surface area (Å²) < 4.78 is 6.16. The molecule has 2 aromatic carbocycles. The van der Waals surface area contributed by atoms with Crippen LogP contribution in [-0.4, -0.2) is 14.2 Å². The molecule has 5 heteroatoms. The van der Waals surface area contributed by atoms with Crippen LogP contribution >= 0.6 is 39.1 Å². The molecule has 0 saturated heterocycles. The van der Waals surface area contributed by atoms with Gasteiger partial charge in [0.25, 0.3) is 0 Å². The van der Waals surface area contributed by atoms with Gasteiger partial charge in [0.2, 0.25) is 0 Å². The first-order valence-corrected chi connectivity index (χ1v) is 7.57. The van der Waals surface area contributed by atoms with Crippen molar-refractivity contribution in [2.24, 2.45) is 0 Å². The first-order chi connectivity index (χ1) is 9.56. The molecular formula is C15H14BrCl2NO. The highest BCUT2D eigenvalue weighted by molar-refractivity contribution is 9.10. The number of halogens is 3. The molecule has 2 rings (SSSR count). The standard InChI is InChI=1S/C15H14BrCl2NO/c1-19-15(12-7-9(17)3-6-13(12)16)11-5-4-10(20-2)8-14(11)18/h3-8,15,19H,1-2H3. The maximum absolute atomic E-state index is 6.36. The highest BCUT2D eigenvalue weighted by atomic mass is 79.9. The second-order valence-corrected chi connectivity index (χ2v) is 5.97. The fourth-order valence-corrected chi connectivity index (χ4v) is 3.02. The topological polar surface area (TPSA) is 21.3 Å². The zero-order valence-corrected chi connectivity index (χ0v) is 14.2. The van der Waals surface area contributed by atoms with Crippen molar-refractivity contribution in [1.82, 2.24) is 5.32 Å². The van der Waals surface area contributed by atoms with E-state index in [0.717, 1.165) is 21.3 Å². The Labute approximate surface area is 137 Å². The van der Waals surface area contributed by atoms with Crippen molar-refractivity contribution >= 4 is 39.1 Å². The van der Waals surface area contributed by atoms with E-state index in [0.29, 0.717) is 10.0 Å². The minimum atomic E-state index is -0.0542. The van der Waals surface area contributed by atoms with Crippen molar-refractivity contribution in [2.75, 3.05) is 14.2 Å². The van der Waals surface area contributed by atoms with E-state index >= 15 is 0 Å². The number of hydrogen-bond acceptors (Lipinski definition) is 2. The summed E-state index contributed by atoms with van der Waals surface area (Å²) in [4.78, 5) is 0. The lowest BCUT2D eigenvalue weighted by molar-refractivity contribution is 0.414. The molecule has 0 aliphatic carbocycles. The van der Waals surface area contributed by atoms with Crippen molar-refractivity contribution in [3.8, 4) is 5.75 Å². The third-order valence-corrected chi connectivity index (χ3v) is 4.36. The molecule has 0 heterocycles. The van der Waals surface area contributed by atoms with Crippen LogP contribution in [0, 0.1) is 0 Å². The quantitative estimate of drug-likeness (QED) is 0.806. The molecule has 1 N–H and O–H groups in total. The summed E-state index contributed by atoms with van der Waals surface area (Å²) >= 11 is 16.0. The van der Waals surface area contributed by atoms with Crippen molar-refractivity contribution in [3.05, 3.63) is 62.0 Å². The number of methoxy groups -OCH3 is 1. The van der Waals surface area contributed by atoms with Crippen LogP contribution in [0.5, 0.6) is 5.75 Å². The number of ether oxygens (including phenoxy) is 1. The second-order valence-electron chi connectivity index (χ2n) is 4.27. The summed E-state index contributed by atoms with van der Waals surface area (Å²) in [5, 5.41) is 4.60. The van der Waals surface area contributed by atoms with Gasteiger partial charge in [0.05, 0.1) is 13.2 Å². The minimum absolute atomic E-state index is 0.0542. The number of benzene rings is 2. The third kappa shape index (κ3) is 3.29. The molecule has 0 aromatic heterocycles. The summed E-state index contributed by atoms with van der Waals surface area (Å²) in [6.45, 7) is 0. The Morgan fingerprint density at radius 1 is 1.10 bits per heavy atom. The Balaban J connectivity index is 2.49. The molecule has 106 valence electrons. The lowest BCUT2D eigenvalue weighted by Gasteiger charge is -2.20. The molecule has 0 spiro atoms. The summed E-state index contributed by atoms with van der Waals surface area (Å²) in [7, 11) is 3.51. The predicted molar refractivity (Wildman–Crippen MR) is 88.1 cm³/mol. The average molecular weight is 375 g/mol. The molecule has 1 unspecified atom stereocenters. The van der Waals surface area contributed by atoms with Crippen LogP contribution in [0.15, 0.2) is 40.9 Å². The highest BCUT2D eigenvalue weighted by Gasteiger charge is 2.18.